The van der Waals surface area contributed by atoms with Crippen molar-refractivity contribution in [1.29, 1.82) is 0 Å². The van der Waals surface area contributed by atoms with Gasteiger partial charge in [0.05, 0.1) is 11.3 Å². The number of rotatable bonds is 3. The van der Waals surface area contributed by atoms with Gasteiger partial charge in [-0.05, 0) is 30.3 Å². The van der Waals surface area contributed by atoms with E-state index in [1.807, 2.05) is 19.4 Å². The average Bonchev–Trinajstić information content (AvgIpc) is 2.54. The number of benzene rings is 2. The Hall–Kier alpha value is -3.03. The van der Waals surface area contributed by atoms with E-state index in [-0.39, 0.29) is 0 Å². The molecular formula is C17H16F3N3O2. The summed E-state index contributed by atoms with van der Waals surface area (Å²) >= 11 is 0. The van der Waals surface area contributed by atoms with Gasteiger partial charge in [0.25, 0.3) is 0 Å². The lowest BCUT2D eigenvalue weighted by Gasteiger charge is -2.15. The maximum absolute atomic E-state index is 12.9. The minimum absolute atomic E-state index is 0.357. The highest BCUT2D eigenvalue weighted by molar-refractivity contribution is 6.43. The topological polar surface area (TPSA) is 61.4 Å². The van der Waals surface area contributed by atoms with Crippen LogP contribution >= 0.6 is 0 Å². The highest BCUT2D eigenvalue weighted by Gasteiger charge is 2.34. The van der Waals surface area contributed by atoms with E-state index in [4.69, 9.17) is 0 Å². The molecule has 0 aliphatic heterocycles. The third-order valence-corrected chi connectivity index (χ3v) is 3.31. The van der Waals surface area contributed by atoms with Crippen LogP contribution in [0.3, 0.4) is 0 Å². The van der Waals surface area contributed by atoms with Crippen LogP contribution in [0, 0.1) is 0 Å². The Morgan fingerprint density at radius 3 is 2.20 bits per heavy atom. The van der Waals surface area contributed by atoms with Crippen LogP contribution in [-0.4, -0.2) is 25.9 Å². The Balaban J connectivity index is 2.12. The van der Waals surface area contributed by atoms with Crippen LogP contribution < -0.4 is 15.5 Å². The molecule has 0 aliphatic rings. The Morgan fingerprint density at radius 1 is 0.920 bits per heavy atom. The summed E-state index contributed by atoms with van der Waals surface area (Å²) in [6.07, 6.45) is -4.64. The van der Waals surface area contributed by atoms with Crippen molar-refractivity contribution in [3.8, 4) is 0 Å². The van der Waals surface area contributed by atoms with Gasteiger partial charge in [0.15, 0.2) is 0 Å². The van der Waals surface area contributed by atoms with Crippen molar-refractivity contribution in [3.05, 3.63) is 54.1 Å². The Morgan fingerprint density at radius 2 is 1.56 bits per heavy atom. The van der Waals surface area contributed by atoms with E-state index in [1.165, 1.54) is 12.1 Å². The molecule has 0 saturated heterocycles. The number of alkyl halides is 3. The van der Waals surface area contributed by atoms with Gasteiger partial charge < -0.3 is 15.5 Å². The van der Waals surface area contributed by atoms with Gasteiger partial charge in [-0.15, -0.1) is 0 Å². The largest absolute Gasteiger partial charge is 0.418 e. The Labute approximate surface area is 142 Å². The fraction of sp³-hybridized carbons (Fsp3) is 0.176. The molecule has 0 aliphatic carbocycles. The van der Waals surface area contributed by atoms with Crippen molar-refractivity contribution in [2.45, 2.75) is 6.18 Å². The number of hydrogen-bond donors (Lipinski definition) is 2. The molecule has 2 amide bonds. The molecule has 0 spiro atoms. The Kier molecular flexibility index (Phi) is 5.31. The molecule has 0 bridgehead atoms. The molecule has 5 nitrogen and oxygen atoms in total. The molecule has 8 heteroatoms. The van der Waals surface area contributed by atoms with E-state index >= 15 is 0 Å². The first-order valence-electron chi connectivity index (χ1n) is 7.24. The first-order chi connectivity index (χ1) is 11.7. The molecule has 0 fully saturated rings. The van der Waals surface area contributed by atoms with Crippen molar-refractivity contribution in [2.75, 3.05) is 29.6 Å². The number of anilines is 3. The summed E-state index contributed by atoms with van der Waals surface area (Å²) in [7, 11) is 3.61. The number of halogens is 3. The van der Waals surface area contributed by atoms with Gasteiger partial charge in [-0.3, -0.25) is 9.59 Å². The highest BCUT2D eigenvalue weighted by Crippen LogP contribution is 2.34. The summed E-state index contributed by atoms with van der Waals surface area (Å²) < 4.78 is 38.7. The summed E-state index contributed by atoms with van der Waals surface area (Å²) in [5.41, 5.74) is -0.348. The quantitative estimate of drug-likeness (QED) is 0.834. The normalized spacial score (nSPS) is 10.9. The zero-order valence-electron chi connectivity index (χ0n) is 13.5. The molecule has 132 valence electrons. The molecular weight excluding hydrogens is 335 g/mol. The molecule has 0 heterocycles. The monoisotopic (exact) mass is 351 g/mol. The number of nitrogens with zero attached hydrogens (tertiary/aromatic N) is 1. The summed E-state index contributed by atoms with van der Waals surface area (Å²) in [5.74, 6) is -2.25. The van der Waals surface area contributed by atoms with Crippen LogP contribution in [0.2, 0.25) is 0 Å². The minimum atomic E-state index is -4.64. The molecule has 2 rings (SSSR count). The molecule has 0 radical (unpaired) electrons. The summed E-state index contributed by atoms with van der Waals surface area (Å²) in [5, 5.41) is 4.35. The van der Waals surface area contributed by atoms with Gasteiger partial charge >= 0.3 is 18.0 Å². The third kappa shape index (κ3) is 4.72. The van der Waals surface area contributed by atoms with E-state index in [2.05, 4.69) is 5.32 Å². The molecule has 0 unspecified atom stereocenters. The van der Waals surface area contributed by atoms with Crippen molar-refractivity contribution >= 4 is 28.9 Å². The predicted octanol–water partition coefficient (Wildman–Crippen LogP) is 3.35. The van der Waals surface area contributed by atoms with Crippen molar-refractivity contribution in [1.82, 2.24) is 0 Å². The van der Waals surface area contributed by atoms with Crippen LogP contribution in [0.25, 0.3) is 0 Å². The molecule has 0 aromatic heterocycles. The van der Waals surface area contributed by atoms with Crippen LogP contribution in [0.15, 0.2) is 48.5 Å². The number of carbonyl (C=O) groups is 2. The summed E-state index contributed by atoms with van der Waals surface area (Å²) in [6.45, 7) is 0. The predicted molar refractivity (Wildman–Crippen MR) is 89.5 cm³/mol. The zero-order valence-corrected chi connectivity index (χ0v) is 13.5. The van der Waals surface area contributed by atoms with Gasteiger partial charge in [-0.2, -0.15) is 13.2 Å². The number of nitrogens with one attached hydrogen (secondary N) is 2. The lowest BCUT2D eigenvalue weighted by atomic mass is 10.1. The zero-order chi connectivity index (χ0) is 18.6. The lowest BCUT2D eigenvalue weighted by molar-refractivity contribution is -0.137. The second-order valence-electron chi connectivity index (χ2n) is 5.40. The van der Waals surface area contributed by atoms with Gasteiger partial charge in [0.2, 0.25) is 0 Å². The molecule has 25 heavy (non-hydrogen) atoms. The molecule has 2 N–H and O–H groups in total. The maximum Gasteiger partial charge on any atom is 0.418 e. The fourth-order valence-corrected chi connectivity index (χ4v) is 2.07. The average molecular weight is 351 g/mol. The van der Waals surface area contributed by atoms with Crippen molar-refractivity contribution < 1.29 is 22.8 Å². The van der Waals surface area contributed by atoms with Crippen molar-refractivity contribution in [3.63, 3.8) is 0 Å². The summed E-state index contributed by atoms with van der Waals surface area (Å²) in [6, 6.07) is 11.1. The van der Waals surface area contributed by atoms with E-state index in [0.717, 1.165) is 17.8 Å². The second-order valence-corrected chi connectivity index (χ2v) is 5.40. The lowest BCUT2D eigenvalue weighted by Crippen LogP contribution is -2.30. The third-order valence-electron chi connectivity index (χ3n) is 3.31. The van der Waals surface area contributed by atoms with E-state index < -0.39 is 29.2 Å². The second kappa shape index (κ2) is 7.25. The SMILES string of the molecule is CN(C)c1cccc(NC(=O)C(=O)Nc2ccccc2C(F)(F)F)c1. The summed E-state index contributed by atoms with van der Waals surface area (Å²) in [4.78, 5) is 25.7. The van der Waals surface area contributed by atoms with Gasteiger partial charge in [-0.25, -0.2) is 0 Å². The smallest absolute Gasteiger partial charge is 0.378 e. The van der Waals surface area contributed by atoms with Crippen LogP contribution in [0.1, 0.15) is 5.56 Å². The highest BCUT2D eigenvalue weighted by atomic mass is 19.4. The molecule has 2 aromatic rings. The van der Waals surface area contributed by atoms with Crippen LogP contribution in [0.4, 0.5) is 30.2 Å². The van der Waals surface area contributed by atoms with E-state index in [0.29, 0.717) is 5.69 Å². The standard InChI is InChI=1S/C17H16F3N3O2/c1-23(2)12-7-5-6-11(10-12)21-15(24)16(25)22-14-9-4-3-8-13(14)17(18,19)20/h3-10H,1-2H3,(H,21,24)(H,22,25). The van der Waals surface area contributed by atoms with E-state index in [1.54, 1.807) is 29.2 Å². The maximum atomic E-state index is 12.9. The number of amides is 2. The van der Waals surface area contributed by atoms with Gasteiger partial charge in [0.1, 0.15) is 0 Å². The Bertz CT molecular complexity index is 789. The van der Waals surface area contributed by atoms with Crippen LogP contribution in [-0.2, 0) is 15.8 Å². The number of hydrogen-bond acceptors (Lipinski definition) is 3. The van der Waals surface area contributed by atoms with E-state index in [9.17, 15) is 22.8 Å². The van der Waals surface area contributed by atoms with Crippen LogP contribution in [0.5, 0.6) is 0 Å². The molecule has 2 aromatic carbocycles. The number of para-hydroxylation sites is 1. The first kappa shape index (κ1) is 18.3. The first-order valence-corrected chi connectivity index (χ1v) is 7.24. The van der Waals surface area contributed by atoms with Gasteiger partial charge in [-0.1, -0.05) is 18.2 Å². The molecule has 0 atom stereocenters. The minimum Gasteiger partial charge on any atom is -0.378 e. The number of carbonyl (C=O) groups excluding carboxylic acids is 2. The fourth-order valence-electron chi connectivity index (χ4n) is 2.07. The molecule has 0 saturated carbocycles. The van der Waals surface area contributed by atoms with Crippen molar-refractivity contribution in [2.24, 2.45) is 0 Å². The van der Waals surface area contributed by atoms with Gasteiger partial charge in [0, 0.05) is 25.5 Å².